The van der Waals surface area contributed by atoms with E-state index in [1.807, 2.05) is 0 Å². The van der Waals surface area contributed by atoms with Crippen molar-refractivity contribution >= 4 is 0 Å². The molecule has 0 spiro atoms. The molecule has 2 fully saturated rings. The molecule has 0 unspecified atom stereocenters. The van der Waals surface area contributed by atoms with Gasteiger partial charge in [-0.15, -0.1) is 0 Å². The maximum atomic E-state index is 2.48. The van der Waals surface area contributed by atoms with E-state index < -0.39 is 0 Å². The van der Waals surface area contributed by atoms with Crippen molar-refractivity contribution in [2.24, 2.45) is 10.8 Å². The normalized spacial score (nSPS) is 20.9. The zero-order valence-electron chi connectivity index (χ0n) is 15.2. The molecule has 0 bridgehead atoms. The van der Waals surface area contributed by atoms with Crippen LogP contribution in [0.5, 0.6) is 0 Å². The molecule has 0 radical (unpaired) electrons. The molecule has 0 heteroatoms. The second-order valence-corrected chi connectivity index (χ2v) is 9.03. The molecule has 2 aliphatic rings. The van der Waals surface area contributed by atoms with E-state index in [0.717, 1.165) is 0 Å². The third kappa shape index (κ3) is 4.15. The lowest BCUT2D eigenvalue weighted by Crippen LogP contribution is -2.00. The zero-order chi connectivity index (χ0) is 15.8. The Hall–Kier alpha value is -0.780. The Labute approximate surface area is 137 Å². The molecular formula is C22H34. The molecule has 0 aromatic heterocycles. The Bertz CT molecular complexity index is 479. The van der Waals surface area contributed by atoms with Crippen LogP contribution in [0.4, 0.5) is 0 Å². The number of benzene rings is 1. The first-order chi connectivity index (χ1) is 10.4. The van der Waals surface area contributed by atoms with E-state index in [4.69, 9.17) is 0 Å². The van der Waals surface area contributed by atoms with Crippen molar-refractivity contribution in [3.8, 4) is 0 Å². The molecule has 0 nitrogen and oxygen atoms in total. The van der Waals surface area contributed by atoms with Gasteiger partial charge in [0.25, 0.3) is 0 Å². The van der Waals surface area contributed by atoms with Crippen LogP contribution >= 0.6 is 0 Å². The summed E-state index contributed by atoms with van der Waals surface area (Å²) in [5.74, 6) is 0. The minimum absolute atomic E-state index is 0.710. The zero-order valence-corrected chi connectivity index (χ0v) is 15.2. The first kappa shape index (κ1) is 16.1. The molecule has 22 heavy (non-hydrogen) atoms. The molecule has 0 amide bonds. The van der Waals surface area contributed by atoms with E-state index in [2.05, 4.69) is 39.8 Å². The van der Waals surface area contributed by atoms with E-state index in [1.165, 1.54) is 75.3 Å². The quantitative estimate of drug-likeness (QED) is 0.510. The summed E-state index contributed by atoms with van der Waals surface area (Å²) in [6, 6.07) is 4.97. The summed E-state index contributed by atoms with van der Waals surface area (Å²) in [4.78, 5) is 0. The summed E-state index contributed by atoms with van der Waals surface area (Å²) in [7, 11) is 0. The van der Waals surface area contributed by atoms with E-state index in [0.29, 0.717) is 10.8 Å². The third-order valence-electron chi connectivity index (χ3n) is 6.45. The van der Waals surface area contributed by atoms with Gasteiger partial charge in [-0.25, -0.2) is 0 Å². The molecule has 0 saturated heterocycles. The van der Waals surface area contributed by atoms with Crippen LogP contribution in [-0.4, -0.2) is 0 Å². The van der Waals surface area contributed by atoms with Crippen molar-refractivity contribution < 1.29 is 0 Å². The van der Waals surface area contributed by atoms with Crippen molar-refractivity contribution in [2.45, 2.75) is 91.9 Å². The minimum atomic E-state index is 0.710. The standard InChI is InChI=1S/C22H34/c1-17-15-20(8-6-10-22(4)13-14-22)18(2)16-19(17)7-5-9-21(3)11-12-21/h15-16H,5-14H2,1-4H3. The van der Waals surface area contributed by atoms with Crippen LogP contribution in [0.3, 0.4) is 0 Å². The molecule has 1 aromatic rings. The smallest absolute Gasteiger partial charge is 0.0276 e. The molecule has 0 N–H and O–H groups in total. The fraction of sp³-hybridized carbons (Fsp3) is 0.727. The molecule has 1 aromatic carbocycles. The average molecular weight is 299 g/mol. The number of hydrogen-bond acceptors (Lipinski definition) is 0. The predicted molar refractivity (Wildman–Crippen MR) is 96.5 cm³/mol. The van der Waals surface area contributed by atoms with Crippen LogP contribution in [-0.2, 0) is 12.8 Å². The number of hydrogen-bond donors (Lipinski definition) is 0. The fourth-order valence-electron chi connectivity index (χ4n) is 3.81. The van der Waals surface area contributed by atoms with Gasteiger partial charge in [0, 0.05) is 0 Å². The van der Waals surface area contributed by atoms with E-state index in [-0.39, 0.29) is 0 Å². The number of rotatable bonds is 8. The maximum absolute atomic E-state index is 2.48. The van der Waals surface area contributed by atoms with Crippen LogP contribution in [0.2, 0.25) is 0 Å². The lowest BCUT2D eigenvalue weighted by atomic mass is 9.91. The van der Waals surface area contributed by atoms with Gasteiger partial charge in [-0.3, -0.25) is 0 Å². The van der Waals surface area contributed by atoms with Crippen molar-refractivity contribution in [3.63, 3.8) is 0 Å². The summed E-state index contributed by atoms with van der Waals surface area (Å²) >= 11 is 0. The van der Waals surface area contributed by atoms with Gasteiger partial charge in [-0.1, -0.05) is 26.0 Å². The summed E-state index contributed by atoms with van der Waals surface area (Å²) < 4.78 is 0. The van der Waals surface area contributed by atoms with Crippen molar-refractivity contribution in [1.29, 1.82) is 0 Å². The second kappa shape index (κ2) is 6.02. The Kier molecular flexibility index (Phi) is 4.40. The molecule has 3 rings (SSSR count). The lowest BCUT2D eigenvalue weighted by Gasteiger charge is -2.14. The van der Waals surface area contributed by atoms with Gasteiger partial charge < -0.3 is 0 Å². The second-order valence-electron chi connectivity index (χ2n) is 9.03. The molecule has 2 aliphatic carbocycles. The SMILES string of the molecule is Cc1cc(CCCC2(C)CC2)c(C)cc1CCCC1(C)CC1. The van der Waals surface area contributed by atoms with Crippen molar-refractivity contribution in [1.82, 2.24) is 0 Å². The lowest BCUT2D eigenvalue weighted by molar-refractivity contribution is 0.493. The highest BCUT2D eigenvalue weighted by Gasteiger charge is 2.36. The van der Waals surface area contributed by atoms with Crippen LogP contribution in [0.1, 0.15) is 87.5 Å². The largest absolute Gasteiger partial charge is 0.0596 e. The minimum Gasteiger partial charge on any atom is -0.0596 e. The fourth-order valence-corrected chi connectivity index (χ4v) is 3.81. The monoisotopic (exact) mass is 298 g/mol. The van der Waals surface area contributed by atoms with Gasteiger partial charge in [-0.2, -0.15) is 0 Å². The van der Waals surface area contributed by atoms with E-state index >= 15 is 0 Å². The van der Waals surface area contributed by atoms with Crippen LogP contribution in [0.25, 0.3) is 0 Å². The summed E-state index contributed by atoms with van der Waals surface area (Å²) in [5.41, 5.74) is 7.67. The molecule has 0 heterocycles. The molecule has 2 saturated carbocycles. The molecular weight excluding hydrogens is 264 g/mol. The highest BCUT2D eigenvalue weighted by molar-refractivity contribution is 5.37. The maximum Gasteiger partial charge on any atom is -0.0276 e. The van der Waals surface area contributed by atoms with E-state index in [9.17, 15) is 0 Å². The summed E-state index contributed by atoms with van der Waals surface area (Å²) in [6.45, 7) is 9.54. The summed E-state index contributed by atoms with van der Waals surface area (Å²) in [6.07, 6.45) is 14.0. The Morgan fingerprint density at radius 1 is 0.727 bits per heavy atom. The average Bonchev–Trinajstić information content (AvgIpc) is 3.36. The Balaban J connectivity index is 1.52. The summed E-state index contributed by atoms with van der Waals surface area (Å²) in [5, 5.41) is 0. The van der Waals surface area contributed by atoms with Gasteiger partial charge in [0.1, 0.15) is 0 Å². The first-order valence-electron chi connectivity index (χ1n) is 9.48. The van der Waals surface area contributed by atoms with Gasteiger partial charge in [0.05, 0.1) is 0 Å². The molecule has 0 atom stereocenters. The molecule has 0 aliphatic heterocycles. The van der Waals surface area contributed by atoms with Gasteiger partial charge in [-0.05, 0) is 111 Å². The highest BCUT2D eigenvalue weighted by Crippen LogP contribution is 2.49. The number of aryl methyl sites for hydroxylation is 4. The van der Waals surface area contributed by atoms with Gasteiger partial charge in [0.2, 0.25) is 0 Å². The predicted octanol–water partition coefficient (Wildman–Crippen LogP) is 6.55. The Morgan fingerprint density at radius 2 is 1.09 bits per heavy atom. The van der Waals surface area contributed by atoms with Crippen molar-refractivity contribution in [3.05, 3.63) is 34.4 Å². The van der Waals surface area contributed by atoms with Crippen LogP contribution < -0.4 is 0 Å². The Morgan fingerprint density at radius 3 is 1.41 bits per heavy atom. The van der Waals surface area contributed by atoms with Crippen molar-refractivity contribution in [2.75, 3.05) is 0 Å². The van der Waals surface area contributed by atoms with Gasteiger partial charge in [0.15, 0.2) is 0 Å². The van der Waals surface area contributed by atoms with Crippen LogP contribution in [0, 0.1) is 24.7 Å². The van der Waals surface area contributed by atoms with E-state index in [1.54, 1.807) is 11.1 Å². The third-order valence-corrected chi connectivity index (χ3v) is 6.45. The first-order valence-corrected chi connectivity index (χ1v) is 9.48. The topological polar surface area (TPSA) is 0 Å². The van der Waals surface area contributed by atoms with Crippen LogP contribution in [0.15, 0.2) is 12.1 Å². The van der Waals surface area contributed by atoms with Gasteiger partial charge >= 0.3 is 0 Å². The highest BCUT2D eigenvalue weighted by atomic mass is 14.4. The molecule has 122 valence electrons.